The number of nitrogens with two attached hydrogens (primary N) is 1. The van der Waals surface area contributed by atoms with Crippen LogP contribution in [0.5, 0.6) is 0 Å². The number of halogens is 1. The molecule has 7 heteroatoms. The molecule has 0 radical (unpaired) electrons. The second-order valence-electron chi connectivity index (χ2n) is 6.28. The van der Waals surface area contributed by atoms with Gasteiger partial charge in [0.2, 0.25) is 0 Å². The van der Waals surface area contributed by atoms with Gasteiger partial charge in [0.25, 0.3) is 0 Å². The van der Waals surface area contributed by atoms with Gasteiger partial charge in [0.05, 0.1) is 23.8 Å². The Morgan fingerprint density at radius 3 is 2.96 bits per heavy atom. The first-order valence-electron chi connectivity index (χ1n) is 8.60. The van der Waals surface area contributed by atoms with E-state index in [1.807, 2.05) is 17.1 Å². The lowest BCUT2D eigenvalue weighted by Crippen LogP contribution is -2.27. The van der Waals surface area contributed by atoms with Gasteiger partial charge >= 0.3 is 0 Å². The number of nitrogens with zero attached hydrogens (tertiary/aromatic N) is 4. The summed E-state index contributed by atoms with van der Waals surface area (Å²) in [6.07, 6.45) is 13.8. The van der Waals surface area contributed by atoms with Crippen molar-refractivity contribution >= 4 is 23.8 Å². The van der Waals surface area contributed by atoms with E-state index in [0.717, 1.165) is 30.7 Å². The predicted octanol–water partition coefficient (Wildman–Crippen LogP) is 2.67. The van der Waals surface area contributed by atoms with Crippen LogP contribution >= 0.6 is 0 Å². The first kappa shape index (κ1) is 18.0. The molecule has 2 aliphatic rings. The summed E-state index contributed by atoms with van der Waals surface area (Å²) in [5, 5.41) is 3.30. The Bertz CT molecular complexity index is 780. The highest BCUT2D eigenvalue weighted by atomic mass is 19.1. The maximum atomic E-state index is 14.3. The second-order valence-corrected chi connectivity index (χ2v) is 6.28. The van der Waals surface area contributed by atoms with Crippen molar-refractivity contribution < 1.29 is 4.39 Å². The standard InChI is InChI=1S/C19H23FN6/c1-22-7-8-24-16-4-2-14(3-5-16)10-25-18-12-23-11-17(20)19(18)26-9-6-15(21)13-26/h2-4,7-8,11-12,15,25H,1,5-6,9-10,13,21H2/b8-7-,24-16?. The van der Waals surface area contributed by atoms with Crippen LogP contribution in [-0.2, 0) is 0 Å². The van der Waals surface area contributed by atoms with Crippen molar-refractivity contribution in [3.05, 3.63) is 54.4 Å². The molecule has 1 aliphatic heterocycles. The molecule has 26 heavy (non-hydrogen) atoms. The molecule has 136 valence electrons. The molecule has 0 saturated carbocycles. The van der Waals surface area contributed by atoms with Gasteiger partial charge in [-0.3, -0.25) is 15.0 Å². The number of anilines is 2. The highest BCUT2D eigenvalue weighted by Gasteiger charge is 2.24. The second kappa shape index (κ2) is 8.53. The summed E-state index contributed by atoms with van der Waals surface area (Å²) in [4.78, 5) is 13.9. The molecule has 2 heterocycles. The quantitative estimate of drug-likeness (QED) is 0.770. The van der Waals surface area contributed by atoms with Crippen LogP contribution < -0.4 is 16.0 Å². The van der Waals surface area contributed by atoms with Crippen LogP contribution in [0.4, 0.5) is 15.8 Å². The minimum Gasteiger partial charge on any atom is -0.378 e. The van der Waals surface area contributed by atoms with Crippen LogP contribution in [0.1, 0.15) is 12.8 Å². The Kier molecular flexibility index (Phi) is 5.91. The molecule has 1 aromatic rings. The Morgan fingerprint density at radius 2 is 2.27 bits per heavy atom. The summed E-state index contributed by atoms with van der Waals surface area (Å²) < 4.78 is 14.3. The van der Waals surface area contributed by atoms with E-state index in [-0.39, 0.29) is 11.9 Å². The number of rotatable bonds is 6. The van der Waals surface area contributed by atoms with Crippen molar-refractivity contribution in [2.45, 2.75) is 18.9 Å². The predicted molar refractivity (Wildman–Crippen MR) is 105 cm³/mol. The molecule has 1 atom stereocenters. The molecule has 0 spiro atoms. The van der Waals surface area contributed by atoms with Crippen LogP contribution in [0, 0.1) is 5.82 Å². The fraction of sp³-hybridized carbons (Fsp3) is 0.316. The summed E-state index contributed by atoms with van der Waals surface area (Å²) >= 11 is 0. The van der Waals surface area contributed by atoms with Gasteiger partial charge in [-0.1, -0.05) is 12.2 Å². The third-order valence-corrected chi connectivity index (χ3v) is 4.37. The topological polar surface area (TPSA) is 78.9 Å². The number of hydrogen-bond donors (Lipinski definition) is 2. The lowest BCUT2D eigenvalue weighted by atomic mass is 10.1. The Labute approximate surface area is 152 Å². The number of hydrogen-bond acceptors (Lipinski definition) is 6. The van der Waals surface area contributed by atoms with Crippen molar-refractivity contribution in [3.8, 4) is 0 Å². The van der Waals surface area contributed by atoms with E-state index >= 15 is 0 Å². The zero-order valence-electron chi connectivity index (χ0n) is 14.6. The fourth-order valence-electron chi connectivity index (χ4n) is 3.04. The summed E-state index contributed by atoms with van der Waals surface area (Å²) in [6, 6.07) is 0.0856. The zero-order valence-corrected chi connectivity index (χ0v) is 14.6. The molecule has 3 N–H and O–H groups in total. The van der Waals surface area contributed by atoms with Gasteiger partial charge in [0.1, 0.15) is 0 Å². The van der Waals surface area contributed by atoms with E-state index in [0.29, 0.717) is 24.5 Å². The van der Waals surface area contributed by atoms with Crippen molar-refractivity contribution in [1.82, 2.24) is 4.98 Å². The molecule has 0 amide bonds. The summed E-state index contributed by atoms with van der Waals surface area (Å²) in [6.45, 7) is 5.37. The Hall–Kier alpha value is -2.80. The third-order valence-electron chi connectivity index (χ3n) is 4.37. The van der Waals surface area contributed by atoms with Crippen molar-refractivity contribution in [3.63, 3.8) is 0 Å². The number of aliphatic imine (C=N–C) groups is 2. The SMILES string of the molecule is C=N/C=C\N=C1C=CC(CNc2cncc(F)c2N2CCC(N)C2)=CC1. The molecule has 3 rings (SSSR count). The van der Waals surface area contributed by atoms with E-state index in [1.165, 1.54) is 6.20 Å². The average Bonchev–Trinajstić information content (AvgIpc) is 3.07. The molecule has 1 aliphatic carbocycles. The highest BCUT2D eigenvalue weighted by molar-refractivity contribution is 5.98. The van der Waals surface area contributed by atoms with Crippen LogP contribution in [0.2, 0.25) is 0 Å². The van der Waals surface area contributed by atoms with E-state index in [2.05, 4.69) is 33.1 Å². The summed E-state index contributed by atoms with van der Waals surface area (Å²) in [5.74, 6) is -0.325. The molecule has 0 aromatic carbocycles. The summed E-state index contributed by atoms with van der Waals surface area (Å²) in [7, 11) is 0. The van der Waals surface area contributed by atoms with Gasteiger partial charge in [-0.15, -0.1) is 0 Å². The first-order valence-corrected chi connectivity index (χ1v) is 8.60. The molecular formula is C19H23FN6. The largest absolute Gasteiger partial charge is 0.378 e. The van der Waals surface area contributed by atoms with Crippen LogP contribution in [0.15, 0.2) is 58.6 Å². The van der Waals surface area contributed by atoms with Gasteiger partial charge in [-0.05, 0) is 24.8 Å². The maximum absolute atomic E-state index is 14.3. The smallest absolute Gasteiger partial charge is 0.166 e. The van der Waals surface area contributed by atoms with Crippen LogP contribution in [0.25, 0.3) is 0 Å². The van der Waals surface area contributed by atoms with E-state index in [1.54, 1.807) is 18.6 Å². The monoisotopic (exact) mass is 354 g/mol. The van der Waals surface area contributed by atoms with Crippen molar-refractivity contribution in [1.29, 1.82) is 0 Å². The third kappa shape index (κ3) is 4.43. The lowest BCUT2D eigenvalue weighted by Gasteiger charge is -2.23. The van der Waals surface area contributed by atoms with Gasteiger partial charge in [-0.2, -0.15) is 0 Å². The normalized spacial score (nSPS) is 21.5. The molecule has 1 fully saturated rings. The molecule has 0 bridgehead atoms. The van der Waals surface area contributed by atoms with E-state index in [4.69, 9.17) is 5.73 Å². The zero-order chi connectivity index (χ0) is 18.4. The van der Waals surface area contributed by atoms with Gasteiger partial charge in [0, 0.05) is 50.2 Å². The van der Waals surface area contributed by atoms with E-state index < -0.39 is 0 Å². The molecule has 1 aromatic heterocycles. The Balaban J connectivity index is 1.65. The van der Waals surface area contributed by atoms with Crippen LogP contribution in [0.3, 0.4) is 0 Å². The number of pyridine rings is 1. The first-order chi connectivity index (χ1) is 12.7. The van der Waals surface area contributed by atoms with Gasteiger partial charge < -0.3 is 16.0 Å². The average molecular weight is 354 g/mol. The highest BCUT2D eigenvalue weighted by Crippen LogP contribution is 2.31. The lowest BCUT2D eigenvalue weighted by molar-refractivity contribution is 0.617. The fourth-order valence-corrected chi connectivity index (χ4v) is 3.04. The van der Waals surface area contributed by atoms with Crippen molar-refractivity contribution in [2.24, 2.45) is 15.7 Å². The molecule has 1 saturated heterocycles. The number of allylic oxidation sites excluding steroid dienone is 2. The van der Waals surface area contributed by atoms with Crippen molar-refractivity contribution in [2.75, 3.05) is 29.9 Å². The van der Waals surface area contributed by atoms with Gasteiger partial charge in [0.15, 0.2) is 5.82 Å². The number of nitrogens with one attached hydrogen (secondary N) is 1. The maximum Gasteiger partial charge on any atom is 0.166 e. The number of aromatic nitrogens is 1. The minimum absolute atomic E-state index is 0.0856. The Morgan fingerprint density at radius 1 is 1.38 bits per heavy atom. The molecule has 6 nitrogen and oxygen atoms in total. The molecule has 1 unspecified atom stereocenters. The molecular weight excluding hydrogens is 331 g/mol. The minimum atomic E-state index is -0.325. The summed E-state index contributed by atoms with van der Waals surface area (Å²) in [5.41, 5.74) is 9.27. The van der Waals surface area contributed by atoms with Gasteiger partial charge in [-0.25, -0.2) is 4.39 Å². The van der Waals surface area contributed by atoms with Crippen LogP contribution in [-0.4, -0.2) is 43.1 Å². The van der Waals surface area contributed by atoms with E-state index in [9.17, 15) is 4.39 Å².